The molecule has 1 heterocycles. The molecule has 0 aromatic heterocycles. The highest BCUT2D eigenvalue weighted by Crippen LogP contribution is 2.49. The van der Waals surface area contributed by atoms with Crippen LogP contribution in [0.2, 0.25) is 5.02 Å². The molecule has 1 saturated heterocycles. The Hall–Kier alpha value is -2.00. The zero-order valence-corrected chi connectivity index (χ0v) is 13.5. The van der Waals surface area contributed by atoms with Gasteiger partial charge in [0.05, 0.1) is 6.04 Å². The summed E-state index contributed by atoms with van der Waals surface area (Å²) in [5, 5.41) is 0.730. The number of hydrogen-bond donors (Lipinski definition) is 0. The molecule has 2 aliphatic rings. The molecule has 2 bridgehead atoms. The number of fused-ring (bicyclic) bond motifs is 5. The molecule has 1 aliphatic heterocycles. The summed E-state index contributed by atoms with van der Waals surface area (Å²) in [5.41, 5.74) is 3.54. The van der Waals surface area contributed by atoms with Crippen LogP contribution in [0, 0.1) is 0 Å². The fourth-order valence-corrected chi connectivity index (χ4v) is 3.95. The predicted octanol–water partition coefficient (Wildman–Crippen LogP) is 4.91. The maximum absolute atomic E-state index is 12.5. The van der Waals surface area contributed by atoms with Gasteiger partial charge in [0, 0.05) is 11.6 Å². The number of benzene rings is 2. The highest BCUT2D eigenvalue weighted by atomic mass is 35.5. The van der Waals surface area contributed by atoms with Crippen molar-refractivity contribution in [3.63, 3.8) is 0 Å². The smallest absolute Gasteiger partial charge is 0.410 e. The first-order valence-corrected chi connectivity index (χ1v) is 8.37. The van der Waals surface area contributed by atoms with Gasteiger partial charge >= 0.3 is 6.09 Å². The summed E-state index contributed by atoms with van der Waals surface area (Å²) in [5.74, 6) is 0.547. The number of ether oxygens (including phenoxy) is 1. The van der Waals surface area contributed by atoms with E-state index in [-0.39, 0.29) is 12.1 Å². The van der Waals surface area contributed by atoms with E-state index < -0.39 is 0 Å². The van der Waals surface area contributed by atoms with Gasteiger partial charge in [-0.2, -0.15) is 0 Å². The lowest BCUT2D eigenvalue weighted by atomic mass is 9.96. The van der Waals surface area contributed by atoms with E-state index in [1.54, 1.807) is 0 Å². The number of carbonyl (C=O) groups excluding carboxylic acids is 1. The number of nitrogens with zero attached hydrogens (tertiary/aromatic N) is 1. The normalized spacial score (nSPS) is 21.9. The molecule has 0 N–H and O–H groups in total. The Morgan fingerprint density at radius 2 is 2.00 bits per heavy atom. The van der Waals surface area contributed by atoms with Crippen molar-refractivity contribution >= 4 is 17.7 Å². The summed E-state index contributed by atoms with van der Waals surface area (Å²) >= 11 is 6.15. The Morgan fingerprint density at radius 1 is 1.17 bits per heavy atom. The zero-order chi connectivity index (χ0) is 15.8. The molecule has 1 aliphatic carbocycles. The molecule has 0 saturated carbocycles. The van der Waals surface area contributed by atoms with Crippen molar-refractivity contribution in [2.75, 3.05) is 6.54 Å². The first-order chi connectivity index (χ1) is 11.2. The Kier molecular flexibility index (Phi) is 3.74. The Bertz CT molecular complexity index is 731. The van der Waals surface area contributed by atoms with Crippen molar-refractivity contribution < 1.29 is 9.53 Å². The van der Waals surface area contributed by atoms with Crippen molar-refractivity contribution in [3.05, 3.63) is 70.2 Å². The van der Waals surface area contributed by atoms with E-state index in [9.17, 15) is 4.79 Å². The lowest BCUT2D eigenvalue weighted by Crippen LogP contribution is -2.37. The molecular formula is C19H18ClNO2. The molecule has 2 aromatic rings. The van der Waals surface area contributed by atoms with E-state index >= 15 is 0 Å². The maximum atomic E-state index is 12.5. The van der Waals surface area contributed by atoms with E-state index in [4.69, 9.17) is 16.3 Å². The van der Waals surface area contributed by atoms with Gasteiger partial charge in [-0.15, -0.1) is 0 Å². The van der Waals surface area contributed by atoms with Gasteiger partial charge in [-0.3, -0.25) is 0 Å². The van der Waals surface area contributed by atoms with Crippen LogP contribution in [0.3, 0.4) is 0 Å². The topological polar surface area (TPSA) is 29.5 Å². The van der Waals surface area contributed by atoms with Crippen molar-refractivity contribution in [1.29, 1.82) is 0 Å². The van der Waals surface area contributed by atoms with Crippen LogP contribution < -0.4 is 0 Å². The van der Waals surface area contributed by atoms with Gasteiger partial charge in [-0.25, -0.2) is 4.79 Å². The summed E-state index contributed by atoms with van der Waals surface area (Å²) in [6, 6.07) is 15.9. The second kappa shape index (κ2) is 5.89. The third-order valence-corrected chi connectivity index (χ3v) is 5.12. The minimum absolute atomic E-state index is 0.103. The zero-order valence-electron chi connectivity index (χ0n) is 12.7. The minimum atomic E-state index is -0.231. The summed E-state index contributed by atoms with van der Waals surface area (Å²) in [6.45, 7) is 1.06. The first-order valence-electron chi connectivity index (χ1n) is 7.99. The SMILES string of the molecule is O=C(OCc1ccccc1)N1CC[C@@H]2CC1c1cc(Cl)ccc12. The maximum Gasteiger partial charge on any atom is 0.410 e. The van der Waals surface area contributed by atoms with Crippen LogP contribution in [0.4, 0.5) is 4.79 Å². The fraction of sp³-hybridized carbons (Fsp3) is 0.316. The number of halogens is 1. The molecule has 4 heteroatoms. The molecule has 3 nitrogen and oxygen atoms in total. The highest BCUT2D eigenvalue weighted by molar-refractivity contribution is 6.30. The Morgan fingerprint density at radius 3 is 2.83 bits per heavy atom. The van der Waals surface area contributed by atoms with Crippen LogP contribution in [0.1, 0.15) is 41.5 Å². The third-order valence-electron chi connectivity index (χ3n) is 4.89. The van der Waals surface area contributed by atoms with Crippen LogP contribution in [0.5, 0.6) is 0 Å². The molecule has 0 spiro atoms. The van der Waals surface area contributed by atoms with E-state index in [2.05, 4.69) is 6.07 Å². The van der Waals surface area contributed by atoms with Crippen molar-refractivity contribution in [2.45, 2.75) is 31.4 Å². The van der Waals surface area contributed by atoms with Gasteiger partial charge in [0.2, 0.25) is 0 Å². The molecule has 1 unspecified atom stereocenters. The summed E-state index contributed by atoms with van der Waals surface area (Å²) in [7, 11) is 0. The molecule has 1 amide bonds. The second-order valence-corrected chi connectivity index (χ2v) is 6.68. The lowest BCUT2D eigenvalue weighted by Gasteiger charge is -2.32. The number of likely N-dealkylation sites (tertiary alicyclic amines) is 1. The monoisotopic (exact) mass is 327 g/mol. The van der Waals surface area contributed by atoms with Crippen molar-refractivity contribution in [2.24, 2.45) is 0 Å². The molecule has 2 aromatic carbocycles. The molecule has 4 rings (SSSR count). The van der Waals surface area contributed by atoms with Gasteiger partial charge in [0.25, 0.3) is 0 Å². The molecule has 1 fully saturated rings. The molecule has 0 radical (unpaired) electrons. The Balaban J connectivity index is 1.50. The van der Waals surface area contributed by atoms with Gasteiger partial charge in [-0.05, 0) is 47.6 Å². The summed E-state index contributed by atoms with van der Waals surface area (Å²) in [4.78, 5) is 14.4. The largest absolute Gasteiger partial charge is 0.445 e. The molecule has 118 valence electrons. The minimum Gasteiger partial charge on any atom is -0.445 e. The van der Waals surface area contributed by atoms with Gasteiger partial charge in [0.15, 0.2) is 0 Å². The quantitative estimate of drug-likeness (QED) is 0.784. The van der Waals surface area contributed by atoms with E-state index in [0.29, 0.717) is 12.5 Å². The van der Waals surface area contributed by atoms with Crippen molar-refractivity contribution in [1.82, 2.24) is 4.90 Å². The van der Waals surface area contributed by atoms with Crippen LogP contribution >= 0.6 is 11.6 Å². The first kappa shape index (κ1) is 14.6. The van der Waals surface area contributed by atoms with Crippen LogP contribution in [-0.4, -0.2) is 17.5 Å². The van der Waals surface area contributed by atoms with Crippen LogP contribution in [0.25, 0.3) is 0 Å². The van der Waals surface area contributed by atoms with Gasteiger partial charge < -0.3 is 9.64 Å². The van der Waals surface area contributed by atoms with Crippen LogP contribution in [-0.2, 0) is 11.3 Å². The van der Waals surface area contributed by atoms with Gasteiger partial charge in [0.1, 0.15) is 6.61 Å². The summed E-state index contributed by atoms with van der Waals surface area (Å²) < 4.78 is 5.52. The van der Waals surface area contributed by atoms with Crippen LogP contribution in [0.15, 0.2) is 48.5 Å². The van der Waals surface area contributed by atoms with E-state index in [0.717, 1.165) is 30.0 Å². The number of piperidine rings is 1. The van der Waals surface area contributed by atoms with E-state index in [1.165, 1.54) is 11.1 Å². The lowest BCUT2D eigenvalue weighted by molar-refractivity contribution is 0.0694. The number of amides is 1. The fourth-order valence-electron chi connectivity index (χ4n) is 3.77. The molecule has 23 heavy (non-hydrogen) atoms. The van der Waals surface area contributed by atoms with Gasteiger partial charge in [-0.1, -0.05) is 48.0 Å². The van der Waals surface area contributed by atoms with E-state index in [1.807, 2.05) is 47.4 Å². The number of rotatable bonds is 2. The number of hydrogen-bond acceptors (Lipinski definition) is 2. The third kappa shape index (κ3) is 2.70. The standard InChI is InChI=1S/C19H18ClNO2/c20-15-6-7-16-14-8-9-21(18(10-14)17(16)11-15)19(22)23-12-13-4-2-1-3-5-13/h1-7,11,14,18H,8-10,12H2/t14-,18?/m1/s1. The van der Waals surface area contributed by atoms with Crippen molar-refractivity contribution in [3.8, 4) is 0 Å². The predicted molar refractivity (Wildman–Crippen MR) is 89.5 cm³/mol. The average molecular weight is 328 g/mol. The highest BCUT2D eigenvalue weighted by Gasteiger charge is 2.41. The average Bonchev–Trinajstić information content (AvgIpc) is 2.86. The number of carbonyl (C=O) groups is 1. The molecule has 2 atom stereocenters. The second-order valence-electron chi connectivity index (χ2n) is 6.24. The molecular weight excluding hydrogens is 310 g/mol. The summed E-state index contributed by atoms with van der Waals surface area (Å²) in [6.07, 6.45) is 1.74. The Labute approximate surface area is 140 Å².